The maximum Gasteiger partial charge on any atom is 0.309 e. The van der Waals surface area contributed by atoms with Crippen LogP contribution < -0.4 is 0 Å². The number of carbonyl (C=O) groups excluding carboxylic acids is 4. The number of cyclic esters (lactones) is 1. The number of allylic oxidation sites excluding steroid dienone is 2. The third-order valence-electron chi connectivity index (χ3n) is 10.9. The van der Waals surface area contributed by atoms with Gasteiger partial charge in [0.2, 0.25) is 0 Å². The molecule has 0 amide bonds. The fraction of sp³-hybridized carbons (Fsp3) is 0.810. The summed E-state index contributed by atoms with van der Waals surface area (Å²) in [5.41, 5.74) is -1.50. The molecule has 0 aromatic heterocycles. The maximum absolute atomic E-state index is 13.2. The number of carbonyl (C=O) groups is 4. The molecule has 2 fully saturated rings. The lowest BCUT2D eigenvalue weighted by Crippen LogP contribution is -2.66. The summed E-state index contributed by atoms with van der Waals surface area (Å²) in [4.78, 5) is 52.3. The number of nitrogens with zero attached hydrogens (tertiary/aromatic N) is 1. The van der Waals surface area contributed by atoms with Crippen LogP contribution in [-0.4, -0.2) is 151 Å². The van der Waals surface area contributed by atoms with Crippen molar-refractivity contribution in [3.63, 3.8) is 0 Å². The van der Waals surface area contributed by atoms with Gasteiger partial charge in [0, 0.05) is 39.7 Å². The number of halogens is 1. The average molecular weight is 864 g/mol. The number of hydrogen-bond donors (Lipinski definition) is 3. The zero-order chi connectivity index (χ0) is 43.5. The number of hydrogen-bond acceptors (Lipinski definition) is 16. The smallest absolute Gasteiger partial charge is 0.309 e. The molecule has 0 radical (unpaired) electrons. The fourth-order valence-corrected chi connectivity index (χ4v) is 8.08. The van der Waals surface area contributed by atoms with Gasteiger partial charge in [0.05, 0.1) is 36.9 Å². The molecule has 59 heavy (non-hydrogen) atoms. The summed E-state index contributed by atoms with van der Waals surface area (Å²) >= 11 is 0. The molecule has 0 unspecified atom stereocenters. The number of rotatable bonds is 12. The van der Waals surface area contributed by atoms with Crippen molar-refractivity contribution in [3.05, 3.63) is 24.3 Å². The van der Waals surface area contributed by atoms with Gasteiger partial charge in [0.25, 0.3) is 0 Å². The minimum absolute atomic E-state index is 0. The monoisotopic (exact) mass is 863 g/mol. The Labute approximate surface area is 355 Å². The predicted molar refractivity (Wildman–Crippen MR) is 217 cm³/mol. The minimum atomic E-state index is -1.50. The third-order valence-corrected chi connectivity index (χ3v) is 10.9. The van der Waals surface area contributed by atoms with E-state index in [1.807, 2.05) is 20.8 Å². The van der Waals surface area contributed by atoms with Gasteiger partial charge in [-0.15, -0.1) is 12.4 Å². The molecule has 3 heterocycles. The molecule has 16 atom stereocenters. The van der Waals surface area contributed by atoms with E-state index in [2.05, 4.69) is 0 Å². The molecule has 3 N–H and O–H groups in total. The van der Waals surface area contributed by atoms with E-state index in [4.69, 9.17) is 37.9 Å². The first-order valence-electron chi connectivity index (χ1n) is 20.4. The highest BCUT2D eigenvalue weighted by Crippen LogP contribution is 2.38. The molecule has 0 aliphatic carbocycles. The molecule has 3 aliphatic heterocycles. The molecular formula is C42H70ClNO15. The van der Waals surface area contributed by atoms with E-state index < -0.39 is 121 Å². The number of aldehydes is 1. The van der Waals surface area contributed by atoms with Crippen LogP contribution >= 0.6 is 12.4 Å². The van der Waals surface area contributed by atoms with Crippen LogP contribution in [0.25, 0.3) is 0 Å². The van der Waals surface area contributed by atoms with Gasteiger partial charge in [0.1, 0.15) is 42.4 Å². The van der Waals surface area contributed by atoms with Crippen LogP contribution in [0.1, 0.15) is 93.9 Å². The Kier molecular flexibility index (Phi) is 21.6. The fourth-order valence-electron chi connectivity index (χ4n) is 8.08. The van der Waals surface area contributed by atoms with Crippen molar-refractivity contribution in [1.29, 1.82) is 0 Å². The highest BCUT2D eigenvalue weighted by Gasteiger charge is 2.53. The van der Waals surface area contributed by atoms with E-state index in [0.717, 1.165) is 0 Å². The van der Waals surface area contributed by atoms with Crippen LogP contribution in [0, 0.1) is 17.8 Å². The van der Waals surface area contributed by atoms with Gasteiger partial charge < -0.3 is 62.9 Å². The first kappa shape index (κ1) is 52.6. The van der Waals surface area contributed by atoms with Gasteiger partial charge in [-0.25, -0.2) is 0 Å². The Bertz CT molecular complexity index is 1390. The second-order valence-corrected chi connectivity index (χ2v) is 17.0. The summed E-state index contributed by atoms with van der Waals surface area (Å²) in [5.74, 6) is -2.82. The highest BCUT2D eigenvalue weighted by molar-refractivity contribution is 5.85. The van der Waals surface area contributed by atoms with Gasteiger partial charge in [-0.1, -0.05) is 45.1 Å². The quantitative estimate of drug-likeness (QED) is 0.146. The standard InChI is InChI=1S/C42H69NO15.ClH/c1-23(2)19-32(47)56-40-27(6)53-34(22-42(40,8)50)57-37-26(5)54-41(36(49)35(37)43(9)10)58-38-29(17-18-44)20-24(3)30(46)16-14-12-13-15-25(4)52-33(48)21-31(39(38)51-11)55-28(7)45;/h12-14,16,18,23-27,29-31,34-41,46,49-50H,15,17,19-22H2,1-11H3;1H/b13-12-,16-14+;/t24-,25-,26-,27+,29+,30+,31-,34+,35-,36-,37-,38+,39-,40+,41+,42-;/m1./s1. The summed E-state index contributed by atoms with van der Waals surface area (Å²) in [6.07, 6.45) is -4.11. The Hall–Kier alpha value is -2.51. The Morgan fingerprint density at radius 1 is 1.02 bits per heavy atom. The number of aliphatic hydroxyl groups is 3. The lowest BCUT2D eigenvalue weighted by molar-refractivity contribution is -0.344. The van der Waals surface area contributed by atoms with Gasteiger partial charge in [-0.2, -0.15) is 0 Å². The molecule has 3 aliphatic rings. The van der Waals surface area contributed by atoms with E-state index in [1.165, 1.54) is 14.0 Å². The summed E-state index contributed by atoms with van der Waals surface area (Å²) in [6, 6.07) is -0.782. The van der Waals surface area contributed by atoms with E-state index in [1.54, 1.807) is 71.0 Å². The van der Waals surface area contributed by atoms with Crippen LogP contribution in [0.3, 0.4) is 0 Å². The first-order chi connectivity index (χ1) is 27.2. The van der Waals surface area contributed by atoms with Gasteiger partial charge in [-0.3, -0.25) is 14.4 Å². The Morgan fingerprint density at radius 2 is 1.69 bits per heavy atom. The zero-order valence-corrected chi connectivity index (χ0v) is 37.3. The van der Waals surface area contributed by atoms with Crippen LogP contribution in [0.15, 0.2) is 24.3 Å². The molecule has 3 rings (SSSR count). The lowest BCUT2D eigenvalue weighted by Gasteiger charge is -2.50. The van der Waals surface area contributed by atoms with Crippen molar-refractivity contribution in [2.75, 3.05) is 21.2 Å². The highest BCUT2D eigenvalue weighted by atomic mass is 35.5. The molecule has 17 heteroatoms. The molecule has 0 aromatic rings. The Balaban J connectivity index is 0.0000120. The van der Waals surface area contributed by atoms with Crippen molar-refractivity contribution in [3.8, 4) is 0 Å². The zero-order valence-electron chi connectivity index (χ0n) is 36.5. The third kappa shape index (κ3) is 15.4. The summed E-state index contributed by atoms with van der Waals surface area (Å²) < 4.78 is 48.6. The lowest BCUT2D eigenvalue weighted by atomic mass is 9.82. The normalized spacial score (nSPS) is 40.0. The van der Waals surface area contributed by atoms with E-state index >= 15 is 0 Å². The van der Waals surface area contributed by atoms with Crippen LogP contribution in [-0.2, 0) is 57.1 Å². The van der Waals surface area contributed by atoms with E-state index in [9.17, 15) is 34.5 Å². The number of aliphatic hydroxyl groups excluding tert-OH is 2. The minimum Gasteiger partial charge on any atom is -0.462 e. The van der Waals surface area contributed by atoms with Crippen LogP contribution in [0.5, 0.6) is 0 Å². The molecule has 0 bridgehead atoms. The van der Waals surface area contributed by atoms with Gasteiger partial charge in [-0.05, 0) is 66.0 Å². The second kappa shape index (κ2) is 24.2. The molecule has 2 saturated heterocycles. The molecule has 0 spiro atoms. The number of ether oxygens (including phenoxy) is 8. The van der Waals surface area contributed by atoms with Crippen molar-refractivity contribution >= 4 is 36.6 Å². The maximum atomic E-state index is 13.2. The van der Waals surface area contributed by atoms with Crippen LogP contribution in [0.4, 0.5) is 0 Å². The van der Waals surface area contributed by atoms with Crippen molar-refractivity contribution < 1.29 is 72.4 Å². The number of likely N-dealkylation sites (N-methyl/N-ethyl adjacent to an activating group) is 1. The first-order valence-corrected chi connectivity index (χ1v) is 20.4. The molecule has 16 nitrogen and oxygen atoms in total. The number of esters is 3. The summed E-state index contributed by atoms with van der Waals surface area (Å²) in [7, 11) is 4.86. The molecule has 340 valence electrons. The SMILES string of the molecule is CO[C@H]1[C@@H](O[C@@H]2O[C@H](C)[C@@H](O[C@H]3C[C@@](C)(O)[C@@H](OC(=O)CC(C)C)[C@H](C)O3)[C@H](N(C)C)[C@H]2O)[C@@H](CC=O)C[C@@H](C)[C@@H](O)/C=C/C=C\C[C@@H](C)OC(=O)C[C@H]1OC(C)=O.Cl. The topological polar surface area (TPSA) is 206 Å². The number of methoxy groups -OCH3 is 1. The van der Waals surface area contributed by atoms with E-state index in [-0.39, 0.29) is 44.0 Å². The van der Waals surface area contributed by atoms with Gasteiger partial charge >= 0.3 is 17.9 Å². The predicted octanol–water partition coefficient (Wildman–Crippen LogP) is 3.44. The van der Waals surface area contributed by atoms with Crippen molar-refractivity contribution in [2.24, 2.45) is 17.8 Å². The summed E-state index contributed by atoms with van der Waals surface area (Å²) in [5, 5.41) is 34.6. The Morgan fingerprint density at radius 3 is 2.27 bits per heavy atom. The second-order valence-electron chi connectivity index (χ2n) is 17.0. The molecule has 0 aromatic carbocycles. The van der Waals surface area contributed by atoms with Gasteiger partial charge in [0.15, 0.2) is 18.7 Å². The largest absolute Gasteiger partial charge is 0.462 e. The van der Waals surface area contributed by atoms with Crippen LogP contribution in [0.2, 0.25) is 0 Å². The summed E-state index contributed by atoms with van der Waals surface area (Å²) in [6.45, 7) is 13.5. The molecular weight excluding hydrogens is 794 g/mol. The van der Waals surface area contributed by atoms with Crippen molar-refractivity contribution in [2.45, 2.75) is 179 Å². The average Bonchev–Trinajstić information content (AvgIpc) is 3.09. The molecule has 0 saturated carbocycles. The van der Waals surface area contributed by atoms with Crippen molar-refractivity contribution in [1.82, 2.24) is 4.90 Å². The van der Waals surface area contributed by atoms with E-state index in [0.29, 0.717) is 12.7 Å².